The number of rotatable bonds is 6. The Balaban J connectivity index is 1.59. The van der Waals surface area contributed by atoms with E-state index < -0.39 is 0 Å². The number of nitriles is 1. The Hall–Kier alpha value is -2.99. The molecule has 0 aliphatic rings. The van der Waals surface area contributed by atoms with E-state index >= 15 is 0 Å². The molecule has 0 fully saturated rings. The van der Waals surface area contributed by atoms with Crippen molar-refractivity contribution in [3.05, 3.63) is 47.3 Å². The molecule has 0 bridgehead atoms. The summed E-state index contributed by atoms with van der Waals surface area (Å²) in [5.74, 6) is 7.85. The van der Waals surface area contributed by atoms with Crippen LogP contribution in [-0.4, -0.2) is 37.0 Å². The van der Waals surface area contributed by atoms with Crippen LogP contribution < -0.4 is 10.6 Å². The van der Waals surface area contributed by atoms with Gasteiger partial charge < -0.3 is 10.6 Å². The summed E-state index contributed by atoms with van der Waals surface area (Å²) >= 11 is 1.44. The summed E-state index contributed by atoms with van der Waals surface area (Å²) in [5.41, 5.74) is 2.40. The van der Waals surface area contributed by atoms with Gasteiger partial charge in [-0.1, -0.05) is 17.8 Å². The molecule has 0 aliphatic carbocycles. The molecule has 3 rings (SSSR count). The number of aryl methyl sites for hydroxylation is 2. The Morgan fingerprint density at radius 3 is 2.84 bits per heavy atom. The number of thioether (sulfide) groups is 1. The molecule has 9 heteroatoms. The Kier molecular flexibility index (Phi) is 4.90. The molecule has 128 valence electrons. The number of aromatic nitrogens is 5. The third kappa shape index (κ3) is 3.75. The second kappa shape index (κ2) is 7.27. The molecule has 0 saturated heterocycles. The summed E-state index contributed by atoms with van der Waals surface area (Å²) in [6, 6.07) is 11.1. The molecular weight excluding hydrogens is 338 g/mol. The van der Waals surface area contributed by atoms with Gasteiger partial charge in [-0.2, -0.15) is 10.4 Å². The molecule has 8 nitrogen and oxygen atoms in total. The van der Waals surface area contributed by atoms with Crippen LogP contribution in [0, 0.1) is 25.2 Å². The molecule has 0 saturated carbocycles. The Morgan fingerprint density at radius 1 is 1.28 bits per heavy atom. The van der Waals surface area contributed by atoms with Crippen LogP contribution in [-0.2, 0) is 0 Å². The second-order valence-electron chi connectivity index (χ2n) is 5.33. The van der Waals surface area contributed by atoms with Crippen LogP contribution >= 0.6 is 11.8 Å². The predicted molar refractivity (Wildman–Crippen MR) is 94.1 cm³/mol. The van der Waals surface area contributed by atoms with Crippen molar-refractivity contribution in [2.75, 3.05) is 18.2 Å². The first-order valence-electron chi connectivity index (χ1n) is 7.58. The van der Waals surface area contributed by atoms with Gasteiger partial charge in [-0.05, 0) is 38.1 Å². The Bertz CT molecular complexity index is 925. The third-order valence-corrected chi connectivity index (χ3v) is 4.30. The highest BCUT2D eigenvalue weighted by atomic mass is 32.2. The van der Waals surface area contributed by atoms with Crippen LogP contribution in [0.25, 0.3) is 5.95 Å². The van der Waals surface area contributed by atoms with Crippen LogP contribution in [0.5, 0.6) is 5.75 Å². The van der Waals surface area contributed by atoms with Gasteiger partial charge in [0.2, 0.25) is 5.16 Å². The highest BCUT2D eigenvalue weighted by Crippen LogP contribution is 2.18. The molecule has 1 aromatic carbocycles. The molecule has 2 heterocycles. The average Bonchev–Trinajstić information content (AvgIpc) is 3.13. The summed E-state index contributed by atoms with van der Waals surface area (Å²) in [6.45, 7) is 4.31. The second-order valence-corrected chi connectivity index (χ2v) is 6.39. The van der Waals surface area contributed by atoms with Crippen molar-refractivity contribution in [2.24, 2.45) is 0 Å². The van der Waals surface area contributed by atoms with E-state index in [2.05, 4.69) is 21.4 Å². The molecule has 0 spiro atoms. The van der Waals surface area contributed by atoms with Crippen LogP contribution in [0.1, 0.15) is 17.0 Å². The van der Waals surface area contributed by atoms with E-state index in [1.165, 1.54) is 16.4 Å². The van der Waals surface area contributed by atoms with E-state index in [9.17, 15) is 0 Å². The monoisotopic (exact) mass is 355 g/mol. The van der Waals surface area contributed by atoms with E-state index in [0.717, 1.165) is 11.4 Å². The van der Waals surface area contributed by atoms with Crippen molar-refractivity contribution in [1.82, 2.24) is 24.7 Å². The van der Waals surface area contributed by atoms with Crippen LogP contribution in [0.3, 0.4) is 0 Å². The van der Waals surface area contributed by atoms with Gasteiger partial charge in [0, 0.05) is 11.4 Å². The largest absolute Gasteiger partial charge is 0.493 e. The fourth-order valence-corrected chi connectivity index (χ4v) is 2.96. The summed E-state index contributed by atoms with van der Waals surface area (Å²) in [7, 11) is 0. The van der Waals surface area contributed by atoms with E-state index in [1.807, 2.05) is 26.0 Å². The summed E-state index contributed by atoms with van der Waals surface area (Å²) < 4.78 is 8.72. The van der Waals surface area contributed by atoms with Crippen molar-refractivity contribution in [3.63, 3.8) is 0 Å². The van der Waals surface area contributed by atoms with E-state index in [4.69, 9.17) is 15.8 Å². The number of nitrogens with zero attached hydrogens (tertiary/aromatic N) is 6. The van der Waals surface area contributed by atoms with Crippen molar-refractivity contribution >= 4 is 11.8 Å². The minimum Gasteiger partial charge on any atom is -0.493 e. The van der Waals surface area contributed by atoms with Crippen LogP contribution in [0.4, 0.5) is 0 Å². The zero-order valence-electron chi connectivity index (χ0n) is 13.9. The molecule has 25 heavy (non-hydrogen) atoms. The van der Waals surface area contributed by atoms with E-state index in [-0.39, 0.29) is 0 Å². The predicted octanol–water partition coefficient (Wildman–Crippen LogP) is 1.84. The topological polar surface area (TPSA) is 108 Å². The van der Waals surface area contributed by atoms with Gasteiger partial charge in [0.25, 0.3) is 5.95 Å². The van der Waals surface area contributed by atoms with Crippen molar-refractivity contribution in [2.45, 2.75) is 19.0 Å². The van der Waals surface area contributed by atoms with Gasteiger partial charge in [0.1, 0.15) is 5.75 Å². The molecule has 2 aromatic heterocycles. The number of hydrogen-bond donors (Lipinski definition) is 1. The molecule has 0 amide bonds. The number of nitrogen functional groups attached to an aromatic ring is 1. The number of nitrogens with two attached hydrogens (primary N) is 1. The molecule has 3 aromatic rings. The highest BCUT2D eigenvalue weighted by Gasteiger charge is 2.14. The zero-order chi connectivity index (χ0) is 17.8. The van der Waals surface area contributed by atoms with Gasteiger partial charge >= 0.3 is 0 Å². The maximum absolute atomic E-state index is 8.88. The maximum Gasteiger partial charge on any atom is 0.271 e. The van der Waals surface area contributed by atoms with E-state index in [1.54, 1.807) is 22.9 Å². The lowest BCUT2D eigenvalue weighted by Crippen LogP contribution is -2.17. The van der Waals surface area contributed by atoms with Gasteiger partial charge in [-0.3, -0.25) is 0 Å². The third-order valence-electron chi connectivity index (χ3n) is 3.39. The SMILES string of the molecule is Cc1cc(C)n(-c2nnc(SCCOc3cccc(C#N)c3)n2N)n1. The molecular formula is C16H17N7OS. The minimum absolute atomic E-state index is 0.460. The summed E-state index contributed by atoms with van der Waals surface area (Å²) in [6.07, 6.45) is 0. The normalized spacial score (nSPS) is 10.6. The molecule has 2 N–H and O–H groups in total. The minimum atomic E-state index is 0.460. The number of hydrogen-bond acceptors (Lipinski definition) is 7. The lowest BCUT2D eigenvalue weighted by atomic mass is 10.2. The van der Waals surface area contributed by atoms with Gasteiger partial charge in [0.05, 0.1) is 23.9 Å². The number of benzene rings is 1. The quantitative estimate of drug-likeness (QED) is 0.408. The average molecular weight is 355 g/mol. The van der Waals surface area contributed by atoms with Crippen LogP contribution in [0.15, 0.2) is 35.5 Å². The maximum atomic E-state index is 8.88. The van der Waals surface area contributed by atoms with Crippen molar-refractivity contribution < 1.29 is 4.74 Å². The molecule has 0 unspecified atom stereocenters. The Morgan fingerprint density at radius 2 is 2.12 bits per heavy atom. The zero-order valence-corrected chi connectivity index (χ0v) is 14.7. The smallest absolute Gasteiger partial charge is 0.271 e. The summed E-state index contributed by atoms with van der Waals surface area (Å²) in [4.78, 5) is 0. The molecule has 0 aliphatic heterocycles. The highest BCUT2D eigenvalue weighted by molar-refractivity contribution is 7.99. The fourth-order valence-electron chi connectivity index (χ4n) is 2.29. The summed E-state index contributed by atoms with van der Waals surface area (Å²) in [5, 5.41) is 22.0. The number of ether oxygens (including phenoxy) is 1. The van der Waals surface area contributed by atoms with Gasteiger partial charge in [-0.25, -0.2) is 9.36 Å². The molecule has 0 radical (unpaired) electrons. The first kappa shape index (κ1) is 16.9. The van der Waals surface area contributed by atoms with Crippen molar-refractivity contribution in [3.8, 4) is 17.8 Å². The lowest BCUT2D eigenvalue weighted by molar-refractivity contribution is 0.343. The lowest BCUT2D eigenvalue weighted by Gasteiger charge is -2.06. The first-order chi connectivity index (χ1) is 12.1. The molecule has 0 atom stereocenters. The van der Waals surface area contributed by atoms with Crippen molar-refractivity contribution in [1.29, 1.82) is 5.26 Å². The fraction of sp³-hybridized carbons (Fsp3) is 0.250. The van der Waals surface area contributed by atoms with E-state index in [0.29, 0.717) is 34.8 Å². The standard InChI is InChI=1S/C16H17N7OS/c1-11-8-12(2)23(21-11)15-19-20-16(22(15)18)25-7-6-24-14-5-3-4-13(9-14)10-17/h3-5,8-9H,6-7,18H2,1-2H3. The first-order valence-corrected chi connectivity index (χ1v) is 8.57. The van der Waals surface area contributed by atoms with Crippen LogP contribution in [0.2, 0.25) is 0 Å². The van der Waals surface area contributed by atoms with Gasteiger partial charge in [0.15, 0.2) is 0 Å². The van der Waals surface area contributed by atoms with Gasteiger partial charge in [-0.15, -0.1) is 10.2 Å². The Labute approximate surface area is 149 Å².